The number of piperidine rings is 1. The lowest BCUT2D eigenvalue weighted by atomic mass is 9.99. The highest BCUT2D eigenvalue weighted by Crippen LogP contribution is 2.15. The Morgan fingerprint density at radius 2 is 2.23 bits per heavy atom. The second-order valence-electron chi connectivity index (χ2n) is 3.89. The van der Waals surface area contributed by atoms with Crippen LogP contribution in [0.2, 0.25) is 0 Å². The van der Waals surface area contributed by atoms with Gasteiger partial charge in [-0.05, 0) is 25.3 Å². The average molecular weight is 188 g/mol. The Kier molecular flexibility index (Phi) is 4.66. The third-order valence-electron chi connectivity index (χ3n) is 2.59. The van der Waals surface area contributed by atoms with Crippen LogP contribution in [0.5, 0.6) is 0 Å². The van der Waals surface area contributed by atoms with Crippen LogP contribution in [0.4, 0.5) is 0 Å². The molecule has 4 nitrogen and oxygen atoms in total. The molecule has 0 spiro atoms. The SMILES string of the molecule is NC(CO)CN1CCCC(CO)C1. The van der Waals surface area contributed by atoms with Crippen molar-refractivity contribution in [3.8, 4) is 0 Å². The van der Waals surface area contributed by atoms with Gasteiger partial charge in [0, 0.05) is 25.7 Å². The van der Waals surface area contributed by atoms with Gasteiger partial charge >= 0.3 is 0 Å². The van der Waals surface area contributed by atoms with Crippen LogP contribution in [-0.2, 0) is 0 Å². The Balaban J connectivity index is 2.25. The van der Waals surface area contributed by atoms with Gasteiger partial charge in [0.15, 0.2) is 0 Å². The Hall–Kier alpha value is -0.160. The maximum atomic E-state index is 8.99. The van der Waals surface area contributed by atoms with Crippen LogP contribution in [0.3, 0.4) is 0 Å². The Labute approximate surface area is 79.3 Å². The number of rotatable bonds is 4. The highest BCUT2D eigenvalue weighted by Gasteiger charge is 2.20. The van der Waals surface area contributed by atoms with Crippen molar-refractivity contribution in [1.82, 2.24) is 4.90 Å². The summed E-state index contributed by atoms with van der Waals surface area (Å²) < 4.78 is 0. The summed E-state index contributed by atoms with van der Waals surface area (Å²) in [6.45, 7) is 3.02. The lowest BCUT2D eigenvalue weighted by Gasteiger charge is -2.32. The molecule has 2 unspecified atom stereocenters. The summed E-state index contributed by atoms with van der Waals surface area (Å²) in [7, 11) is 0. The first-order valence-corrected chi connectivity index (χ1v) is 4.96. The number of likely N-dealkylation sites (tertiary alicyclic amines) is 1. The third kappa shape index (κ3) is 3.60. The first-order chi connectivity index (χ1) is 6.26. The highest BCUT2D eigenvalue weighted by atomic mass is 16.3. The van der Waals surface area contributed by atoms with Crippen LogP contribution in [0.15, 0.2) is 0 Å². The van der Waals surface area contributed by atoms with Gasteiger partial charge in [-0.2, -0.15) is 0 Å². The predicted octanol–water partition coefficient (Wildman–Crippen LogP) is -0.990. The van der Waals surface area contributed by atoms with Gasteiger partial charge in [-0.1, -0.05) is 0 Å². The second kappa shape index (κ2) is 5.54. The zero-order chi connectivity index (χ0) is 9.68. The maximum absolute atomic E-state index is 8.99. The van der Waals surface area contributed by atoms with E-state index in [1.165, 1.54) is 0 Å². The van der Waals surface area contributed by atoms with Crippen LogP contribution in [0, 0.1) is 5.92 Å². The van der Waals surface area contributed by atoms with Gasteiger partial charge in [0.25, 0.3) is 0 Å². The van der Waals surface area contributed by atoms with Gasteiger partial charge in [0.05, 0.1) is 6.61 Å². The summed E-state index contributed by atoms with van der Waals surface area (Å²) in [5, 5.41) is 17.8. The van der Waals surface area contributed by atoms with Crippen molar-refractivity contribution in [3.05, 3.63) is 0 Å². The fourth-order valence-corrected chi connectivity index (χ4v) is 1.86. The fourth-order valence-electron chi connectivity index (χ4n) is 1.86. The van der Waals surface area contributed by atoms with Crippen molar-refractivity contribution in [1.29, 1.82) is 0 Å². The van der Waals surface area contributed by atoms with E-state index in [4.69, 9.17) is 15.9 Å². The lowest BCUT2D eigenvalue weighted by molar-refractivity contribution is 0.108. The molecule has 2 atom stereocenters. The van der Waals surface area contributed by atoms with Crippen LogP contribution in [-0.4, -0.2) is 54.0 Å². The molecule has 0 bridgehead atoms. The molecule has 0 aromatic rings. The van der Waals surface area contributed by atoms with E-state index in [1.807, 2.05) is 0 Å². The third-order valence-corrected chi connectivity index (χ3v) is 2.59. The van der Waals surface area contributed by atoms with E-state index in [2.05, 4.69) is 4.90 Å². The Morgan fingerprint density at radius 1 is 1.46 bits per heavy atom. The zero-order valence-corrected chi connectivity index (χ0v) is 8.02. The smallest absolute Gasteiger partial charge is 0.0595 e. The van der Waals surface area contributed by atoms with Crippen LogP contribution < -0.4 is 5.73 Å². The van der Waals surface area contributed by atoms with Crippen molar-refractivity contribution < 1.29 is 10.2 Å². The molecule has 0 saturated carbocycles. The molecule has 13 heavy (non-hydrogen) atoms. The maximum Gasteiger partial charge on any atom is 0.0595 e. The Morgan fingerprint density at radius 3 is 2.85 bits per heavy atom. The van der Waals surface area contributed by atoms with Crippen LogP contribution in [0.1, 0.15) is 12.8 Å². The molecule has 1 aliphatic rings. The molecule has 0 aromatic heterocycles. The molecule has 1 saturated heterocycles. The van der Waals surface area contributed by atoms with E-state index in [1.54, 1.807) is 0 Å². The van der Waals surface area contributed by atoms with E-state index in [0.29, 0.717) is 5.92 Å². The first kappa shape index (κ1) is 10.9. The van der Waals surface area contributed by atoms with Gasteiger partial charge in [-0.3, -0.25) is 0 Å². The summed E-state index contributed by atoms with van der Waals surface area (Å²) >= 11 is 0. The molecule has 4 heteroatoms. The summed E-state index contributed by atoms with van der Waals surface area (Å²) in [4.78, 5) is 2.23. The molecular formula is C9H20N2O2. The van der Waals surface area contributed by atoms with Gasteiger partial charge in [0.1, 0.15) is 0 Å². The summed E-state index contributed by atoms with van der Waals surface area (Å²) in [5.74, 6) is 0.402. The van der Waals surface area contributed by atoms with Crippen LogP contribution >= 0.6 is 0 Å². The van der Waals surface area contributed by atoms with E-state index in [0.717, 1.165) is 32.5 Å². The zero-order valence-electron chi connectivity index (χ0n) is 8.02. The van der Waals surface area contributed by atoms with E-state index in [9.17, 15) is 0 Å². The molecule has 0 aromatic carbocycles. The number of aliphatic hydroxyl groups is 2. The lowest BCUT2D eigenvalue weighted by Crippen LogP contribution is -2.45. The number of hydrogen-bond donors (Lipinski definition) is 3. The minimum Gasteiger partial charge on any atom is -0.396 e. The van der Waals surface area contributed by atoms with Crippen LogP contribution in [0.25, 0.3) is 0 Å². The van der Waals surface area contributed by atoms with Crippen molar-refractivity contribution in [2.45, 2.75) is 18.9 Å². The summed E-state index contributed by atoms with van der Waals surface area (Å²) in [6, 6.07) is -0.141. The van der Waals surface area contributed by atoms with Crippen molar-refractivity contribution >= 4 is 0 Å². The largest absolute Gasteiger partial charge is 0.396 e. The van der Waals surface area contributed by atoms with Crippen molar-refractivity contribution in [2.24, 2.45) is 11.7 Å². The predicted molar refractivity (Wildman–Crippen MR) is 51.3 cm³/mol. The number of aliphatic hydroxyl groups excluding tert-OH is 2. The number of nitrogens with zero attached hydrogens (tertiary/aromatic N) is 1. The standard InChI is InChI=1S/C9H20N2O2/c10-9(7-13)5-11-3-1-2-8(4-11)6-12/h8-9,12-13H,1-7,10H2. The molecule has 1 fully saturated rings. The van der Waals surface area contributed by atoms with Gasteiger partial charge in [-0.25, -0.2) is 0 Å². The molecular weight excluding hydrogens is 168 g/mol. The van der Waals surface area contributed by atoms with Gasteiger partial charge in [0.2, 0.25) is 0 Å². The van der Waals surface area contributed by atoms with Crippen molar-refractivity contribution in [3.63, 3.8) is 0 Å². The number of hydrogen-bond acceptors (Lipinski definition) is 4. The average Bonchev–Trinajstić information content (AvgIpc) is 2.18. The summed E-state index contributed by atoms with van der Waals surface area (Å²) in [5.41, 5.74) is 5.64. The van der Waals surface area contributed by atoms with Crippen molar-refractivity contribution in [2.75, 3.05) is 32.8 Å². The molecule has 0 radical (unpaired) electrons. The highest BCUT2D eigenvalue weighted by molar-refractivity contribution is 4.75. The monoisotopic (exact) mass is 188 g/mol. The summed E-state index contributed by atoms with van der Waals surface area (Å²) in [6.07, 6.45) is 2.24. The second-order valence-corrected chi connectivity index (χ2v) is 3.89. The topological polar surface area (TPSA) is 69.7 Å². The molecule has 4 N–H and O–H groups in total. The molecule has 1 aliphatic heterocycles. The molecule has 0 amide bonds. The van der Waals surface area contributed by atoms with E-state index < -0.39 is 0 Å². The van der Waals surface area contributed by atoms with E-state index >= 15 is 0 Å². The van der Waals surface area contributed by atoms with Gasteiger partial charge < -0.3 is 20.8 Å². The molecule has 0 aliphatic carbocycles. The molecule has 1 heterocycles. The Bertz CT molecular complexity index is 142. The fraction of sp³-hybridized carbons (Fsp3) is 1.00. The molecule has 1 rings (SSSR count). The quantitative estimate of drug-likeness (QED) is 0.530. The first-order valence-electron chi connectivity index (χ1n) is 4.96. The minimum atomic E-state index is -0.141. The molecule has 78 valence electrons. The minimum absolute atomic E-state index is 0.0420. The van der Waals surface area contributed by atoms with Gasteiger partial charge in [-0.15, -0.1) is 0 Å². The van der Waals surface area contributed by atoms with E-state index in [-0.39, 0.29) is 19.3 Å². The number of nitrogens with two attached hydrogens (primary N) is 1. The normalized spacial score (nSPS) is 27.5.